The number of piperazine rings is 1. The number of rotatable bonds is 6. The molecule has 5 nitrogen and oxygen atoms in total. The average Bonchev–Trinajstić information content (AvgIpc) is 2.50. The molecular formula is C15H25N3O2S. The SMILES string of the molecule is CCCN(Cc1ccc(C)cc1)S(=O)(=O)N1CCNCC1. The summed E-state index contributed by atoms with van der Waals surface area (Å²) in [5.74, 6) is 0. The Balaban J connectivity index is 2.14. The highest BCUT2D eigenvalue weighted by Gasteiger charge is 2.30. The maximum atomic E-state index is 12.8. The van der Waals surface area contributed by atoms with Gasteiger partial charge in [0.25, 0.3) is 10.2 Å². The van der Waals surface area contributed by atoms with Gasteiger partial charge < -0.3 is 5.32 Å². The molecule has 0 bridgehead atoms. The maximum absolute atomic E-state index is 12.8. The quantitative estimate of drug-likeness (QED) is 0.863. The zero-order valence-electron chi connectivity index (χ0n) is 12.9. The molecule has 1 fully saturated rings. The molecule has 1 saturated heterocycles. The molecule has 0 amide bonds. The van der Waals surface area contributed by atoms with Gasteiger partial charge in [-0.3, -0.25) is 0 Å². The van der Waals surface area contributed by atoms with Crippen molar-refractivity contribution in [1.82, 2.24) is 13.9 Å². The largest absolute Gasteiger partial charge is 0.314 e. The van der Waals surface area contributed by atoms with E-state index in [0.29, 0.717) is 26.2 Å². The summed E-state index contributed by atoms with van der Waals surface area (Å²) in [6.07, 6.45) is 0.817. The van der Waals surface area contributed by atoms with Gasteiger partial charge in [-0.25, -0.2) is 0 Å². The van der Waals surface area contributed by atoms with Crippen molar-refractivity contribution in [2.45, 2.75) is 26.8 Å². The molecular weight excluding hydrogens is 286 g/mol. The van der Waals surface area contributed by atoms with Crippen molar-refractivity contribution in [2.75, 3.05) is 32.7 Å². The van der Waals surface area contributed by atoms with Crippen molar-refractivity contribution >= 4 is 10.2 Å². The Morgan fingerprint density at radius 3 is 2.38 bits per heavy atom. The summed E-state index contributed by atoms with van der Waals surface area (Å²) in [4.78, 5) is 0. The molecule has 1 aromatic carbocycles. The summed E-state index contributed by atoms with van der Waals surface area (Å²) >= 11 is 0. The van der Waals surface area contributed by atoms with Gasteiger partial charge in [0.15, 0.2) is 0 Å². The van der Waals surface area contributed by atoms with E-state index < -0.39 is 10.2 Å². The van der Waals surface area contributed by atoms with Crippen LogP contribution in [-0.4, -0.2) is 49.8 Å². The lowest BCUT2D eigenvalue weighted by atomic mass is 10.1. The molecule has 0 aliphatic carbocycles. The number of aryl methyl sites for hydroxylation is 1. The van der Waals surface area contributed by atoms with Crippen LogP contribution in [-0.2, 0) is 16.8 Å². The predicted molar refractivity (Wildman–Crippen MR) is 85.2 cm³/mol. The van der Waals surface area contributed by atoms with E-state index in [0.717, 1.165) is 25.1 Å². The number of hydrogen-bond donors (Lipinski definition) is 1. The molecule has 2 rings (SSSR count). The van der Waals surface area contributed by atoms with Crippen molar-refractivity contribution in [3.8, 4) is 0 Å². The second-order valence-electron chi connectivity index (χ2n) is 5.48. The molecule has 1 aromatic rings. The lowest BCUT2D eigenvalue weighted by Crippen LogP contribution is -2.51. The molecule has 21 heavy (non-hydrogen) atoms. The van der Waals surface area contributed by atoms with Gasteiger partial charge >= 0.3 is 0 Å². The molecule has 1 aliphatic rings. The molecule has 0 saturated carbocycles. The van der Waals surface area contributed by atoms with Gasteiger partial charge in [0.05, 0.1) is 0 Å². The summed E-state index contributed by atoms with van der Waals surface area (Å²) in [7, 11) is -3.37. The zero-order valence-corrected chi connectivity index (χ0v) is 13.7. The minimum atomic E-state index is -3.37. The molecule has 1 aliphatic heterocycles. The Kier molecular flexibility index (Phi) is 5.75. The standard InChI is InChI=1S/C15H25N3O2S/c1-3-10-18(13-15-6-4-14(2)5-7-15)21(19,20)17-11-8-16-9-12-17/h4-7,16H,3,8-13H2,1-2H3. The number of nitrogens with one attached hydrogen (secondary N) is 1. The minimum Gasteiger partial charge on any atom is -0.314 e. The first-order chi connectivity index (χ1) is 10.0. The van der Waals surface area contributed by atoms with E-state index in [2.05, 4.69) is 5.32 Å². The molecule has 6 heteroatoms. The van der Waals surface area contributed by atoms with Crippen LogP contribution in [0.15, 0.2) is 24.3 Å². The first-order valence-electron chi connectivity index (χ1n) is 7.55. The van der Waals surface area contributed by atoms with Crippen molar-refractivity contribution in [2.24, 2.45) is 0 Å². The van der Waals surface area contributed by atoms with Gasteiger partial charge in [-0.2, -0.15) is 17.0 Å². The Morgan fingerprint density at radius 2 is 1.81 bits per heavy atom. The highest BCUT2D eigenvalue weighted by molar-refractivity contribution is 7.86. The number of hydrogen-bond acceptors (Lipinski definition) is 3. The average molecular weight is 311 g/mol. The van der Waals surface area contributed by atoms with Crippen molar-refractivity contribution in [3.63, 3.8) is 0 Å². The monoisotopic (exact) mass is 311 g/mol. The third-order valence-corrected chi connectivity index (χ3v) is 5.66. The third kappa shape index (κ3) is 4.26. The maximum Gasteiger partial charge on any atom is 0.282 e. The lowest BCUT2D eigenvalue weighted by Gasteiger charge is -2.32. The van der Waals surface area contributed by atoms with Crippen LogP contribution in [0, 0.1) is 6.92 Å². The van der Waals surface area contributed by atoms with E-state index >= 15 is 0 Å². The summed E-state index contributed by atoms with van der Waals surface area (Å²) < 4.78 is 28.7. The Hall–Kier alpha value is -0.950. The molecule has 0 aromatic heterocycles. The fourth-order valence-electron chi connectivity index (χ4n) is 2.46. The third-order valence-electron chi connectivity index (χ3n) is 3.68. The molecule has 0 unspecified atom stereocenters. The summed E-state index contributed by atoms with van der Waals surface area (Å²) in [6.45, 7) is 7.60. The zero-order chi connectivity index (χ0) is 15.3. The van der Waals surface area contributed by atoms with Gasteiger partial charge in [-0.15, -0.1) is 0 Å². The van der Waals surface area contributed by atoms with E-state index in [4.69, 9.17) is 0 Å². The minimum absolute atomic E-state index is 0.445. The van der Waals surface area contributed by atoms with Gasteiger partial charge in [0.2, 0.25) is 0 Å². The molecule has 0 atom stereocenters. The molecule has 1 heterocycles. The van der Waals surface area contributed by atoms with Crippen LogP contribution < -0.4 is 5.32 Å². The predicted octanol–water partition coefficient (Wildman–Crippen LogP) is 1.36. The highest BCUT2D eigenvalue weighted by atomic mass is 32.2. The summed E-state index contributed by atoms with van der Waals surface area (Å²) in [6, 6.07) is 8.06. The second-order valence-corrected chi connectivity index (χ2v) is 7.40. The van der Waals surface area contributed by atoms with Gasteiger partial charge in [0.1, 0.15) is 0 Å². The van der Waals surface area contributed by atoms with Crippen LogP contribution in [0.2, 0.25) is 0 Å². The molecule has 0 spiro atoms. The van der Waals surface area contributed by atoms with E-state index in [1.54, 1.807) is 8.61 Å². The lowest BCUT2D eigenvalue weighted by molar-refractivity contribution is 0.307. The van der Waals surface area contributed by atoms with Gasteiger partial charge in [0, 0.05) is 39.3 Å². The first-order valence-corrected chi connectivity index (χ1v) is 8.95. The van der Waals surface area contributed by atoms with E-state index in [9.17, 15) is 8.42 Å². The molecule has 1 N–H and O–H groups in total. The fraction of sp³-hybridized carbons (Fsp3) is 0.600. The summed E-state index contributed by atoms with van der Waals surface area (Å²) in [5, 5.41) is 3.19. The topological polar surface area (TPSA) is 52.7 Å². The van der Waals surface area contributed by atoms with Crippen LogP contribution >= 0.6 is 0 Å². The van der Waals surface area contributed by atoms with Crippen LogP contribution in [0.25, 0.3) is 0 Å². The highest BCUT2D eigenvalue weighted by Crippen LogP contribution is 2.15. The van der Waals surface area contributed by atoms with Crippen LogP contribution in [0.3, 0.4) is 0 Å². The van der Waals surface area contributed by atoms with E-state index in [1.165, 1.54) is 5.56 Å². The Morgan fingerprint density at radius 1 is 1.19 bits per heavy atom. The Bertz CT molecular complexity index is 537. The van der Waals surface area contributed by atoms with Crippen molar-refractivity contribution in [3.05, 3.63) is 35.4 Å². The second kappa shape index (κ2) is 7.35. The van der Waals surface area contributed by atoms with Crippen molar-refractivity contribution < 1.29 is 8.42 Å². The molecule has 0 radical (unpaired) electrons. The number of nitrogens with zero attached hydrogens (tertiary/aromatic N) is 2. The van der Waals surface area contributed by atoms with Gasteiger partial charge in [-0.05, 0) is 18.9 Å². The first kappa shape index (κ1) is 16.4. The van der Waals surface area contributed by atoms with Gasteiger partial charge in [-0.1, -0.05) is 36.8 Å². The Labute approximate surface area is 128 Å². The normalized spacial score (nSPS) is 17.3. The van der Waals surface area contributed by atoms with Crippen molar-refractivity contribution in [1.29, 1.82) is 0 Å². The van der Waals surface area contributed by atoms with Crippen LogP contribution in [0.5, 0.6) is 0 Å². The smallest absolute Gasteiger partial charge is 0.282 e. The molecule has 118 valence electrons. The van der Waals surface area contributed by atoms with E-state index in [-0.39, 0.29) is 0 Å². The van der Waals surface area contributed by atoms with Crippen LogP contribution in [0.1, 0.15) is 24.5 Å². The summed E-state index contributed by atoms with van der Waals surface area (Å²) in [5.41, 5.74) is 2.22. The van der Waals surface area contributed by atoms with Crippen LogP contribution in [0.4, 0.5) is 0 Å². The fourth-order valence-corrected chi connectivity index (χ4v) is 4.16. The number of benzene rings is 1. The van der Waals surface area contributed by atoms with E-state index in [1.807, 2.05) is 38.1 Å².